The van der Waals surface area contributed by atoms with Gasteiger partial charge in [0.1, 0.15) is 11.5 Å². The summed E-state index contributed by atoms with van der Waals surface area (Å²) in [5.74, 6) is -1.79. The second-order valence-corrected chi connectivity index (χ2v) is 7.38. The molecule has 2 aromatic rings. The van der Waals surface area contributed by atoms with Gasteiger partial charge in [0, 0.05) is 24.0 Å². The highest BCUT2D eigenvalue weighted by molar-refractivity contribution is 5.82. The number of Topliss-reactive ketones (excluding diaryl/α,β-unsaturated/α-hetero) is 1. The Balaban J connectivity index is 1.99. The zero-order valence-electron chi connectivity index (χ0n) is 17.2. The number of rotatable bonds is 5. The molecular weight excluding hydrogens is 392 g/mol. The van der Waals surface area contributed by atoms with Gasteiger partial charge in [0.15, 0.2) is 23.0 Å². The molecule has 2 aliphatic rings. The molecule has 8 heteroatoms. The largest absolute Gasteiger partial charge is 0.502 e. The normalized spacial score (nSPS) is 24.0. The predicted molar refractivity (Wildman–Crippen MR) is 106 cm³/mol. The first kappa shape index (κ1) is 20.2. The van der Waals surface area contributed by atoms with Crippen LogP contribution in [0.4, 0.5) is 0 Å². The topological polar surface area (TPSA) is 104 Å². The van der Waals surface area contributed by atoms with E-state index in [0.717, 1.165) is 0 Å². The third-order valence-electron chi connectivity index (χ3n) is 5.75. The van der Waals surface area contributed by atoms with Crippen molar-refractivity contribution in [3.05, 3.63) is 35.4 Å². The van der Waals surface area contributed by atoms with Crippen molar-refractivity contribution in [3.8, 4) is 34.5 Å². The minimum absolute atomic E-state index is 0.0813. The number of phenolic OH excluding ortho intramolecular Hbond substituents is 1. The number of hydrogen-bond acceptors (Lipinski definition) is 8. The second-order valence-electron chi connectivity index (χ2n) is 7.38. The SMILES string of the molecule is CCC1(O)Oc2cc3c(cc2C(c2cc(OC)c(O)c(OC)c2)C1C(C)=O)OCO3. The Morgan fingerprint density at radius 1 is 1.10 bits per heavy atom. The van der Waals surface area contributed by atoms with Crippen molar-refractivity contribution in [2.24, 2.45) is 5.92 Å². The van der Waals surface area contributed by atoms with Gasteiger partial charge in [-0.15, -0.1) is 0 Å². The molecule has 8 nitrogen and oxygen atoms in total. The minimum atomic E-state index is -1.73. The molecule has 0 fully saturated rings. The molecule has 0 spiro atoms. The van der Waals surface area contributed by atoms with Crippen LogP contribution in [0.1, 0.15) is 37.3 Å². The van der Waals surface area contributed by atoms with Gasteiger partial charge >= 0.3 is 0 Å². The van der Waals surface area contributed by atoms with Crippen LogP contribution in [0.15, 0.2) is 24.3 Å². The summed E-state index contributed by atoms with van der Waals surface area (Å²) in [5, 5.41) is 21.6. The van der Waals surface area contributed by atoms with E-state index in [-0.39, 0.29) is 36.2 Å². The van der Waals surface area contributed by atoms with Crippen LogP contribution in [0.3, 0.4) is 0 Å². The smallest absolute Gasteiger partial charge is 0.231 e. The van der Waals surface area contributed by atoms with E-state index in [9.17, 15) is 15.0 Å². The number of aliphatic hydroxyl groups is 1. The molecule has 0 aliphatic carbocycles. The molecule has 2 N–H and O–H groups in total. The molecule has 4 rings (SSSR count). The number of ether oxygens (including phenoxy) is 5. The number of methoxy groups -OCH3 is 2. The number of ketones is 1. The van der Waals surface area contributed by atoms with E-state index in [4.69, 9.17) is 23.7 Å². The van der Waals surface area contributed by atoms with Gasteiger partial charge in [-0.2, -0.15) is 0 Å². The fraction of sp³-hybridized carbons (Fsp3) is 0.409. The van der Waals surface area contributed by atoms with Gasteiger partial charge in [-0.25, -0.2) is 0 Å². The third-order valence-corrected chi connectivity index (χ3v) is 5.75. The summed E-state index contributed by atoms with van der Waals surface area (Å²) in [7, 11) is 2.86. The first-order valence-electron chi connectivity index (χ1n) is 9.63. The fourth-order valence-electron chi connectivity index (χ4n) is 4.27. The molecule has 3 unspecified atom stereocenters. The molecule has 0 saturated carbocycles. The van der Waals surface area contributed by atoms with Gasteiger partial charge in [0.2, 0.25) is 18.3 Å². The molecule has 0 bridgehead atoms. The lowest BCUT2D eigenvalue weighted by atomic mass is 9.71. The monoisotopic (exact) mass is 416 g/mol. The Morgan fingerprint density at radius 3 is 2.23 bits per heavy atom. The van der Waals surface area contributed by atoms with Crippen molar-refractivity contribution in [1.82, 2.24) is 0 Å². The van der Waals surface area contributed by atoms with Crippen LogP contribution in [0.25, 0.3) is 0 Å². The lowest BCUT2D eigenvalue weighted by Crippen LogP contribution is -2.52. The zero-order chi connectivity index (χ0) is 21.6. The number of carbonyl (C=O) groups excluding carboxylic acids is 1. The number of benzene rings is 2. The highest BCUT2D eigenvalue weighted by atomic mass is 16.7. The Kier molecular flexibility index (Phi) is 4.89. The van der Waals surface area contributed by atoms with E-state index in [1.165, 1.54) is 21.1 Å². The third kappa shape index (κ3) is 2.99. The summed E-state index contributed by atoms with van der Waals surface area (Å²) in [6.07, 6.45) is 0.188. The fourth-order valence-corrected chi connectivity index (χ4v) is 4.27. The van der Waals surface area contributed by atoms with E-state index in [2.05, 4.69) is 0 Å². The van der Waals surface area contributed by atoms with Crippen molar-refractivity contribution in [2.75, 3.05) is 21.0 Å². The van der Waals surface area contributed by atoms with Gasteiger partial charge in [-0.05, 0) is 30.7 Å². The maximum Gasteiger partial charge on any atom is 0.231 e. The van der Waals surface area contributed by atoms with Crippen LogP contribution < -0.4 is 23.7 Å². The first-order valence-corrected chi connectivity index (χ1v) is 9.63. The standard InChI is InChI=1S/C22H24O8/c1-5-22(25)20(11(2)23)19(12-6-17(26-3)21(24)18(7-12)27-4)13-8-15-16(29-10-28-15)9-14(13)30-22/h6-9,19-20,24-25H,5,10H2,1-4H3. The van der Waals surface area contributed by atoms with Gasteiger partial charge < -0.3 is 33.9 Å². The van der Waals surface area contributed by atoms with Crippen molar-refractivity contribution in [1.29, 1.82) is 0 Å². The highest BCUT2D eigenvalue weighted by Crippen LogP contribution is 2.54. The first-order chi connectivity index (χ1) is 14.3. The van der Waals surface area contributed by atoms with E-state index in [1.54, 1.807) is 31.2 Å². The maximum absolute atomic E-state index is 12.8. The summed E-state index contributed by atoms with van der Waals surface area (Å²) < 4.78 is 27.5. The van der Waals surface area contributed by atoms with E-state index in [1.807, 2.05) is 0 Å². The second kappa shape index (κ2) is 7.28. The molecule has 0 amide bonds. The number of phenols is 1. The summed E-state index contributed by atoms with van der Waals surface area (Å²) in [6.45, 7) is 3.26. The van der Waals surface area contributed by atoms with Gasteiger partial charge in [0.25, 0.3) is 0 Å². The number of aromatic hydroxyl groups is 1. The van der Waals surface area contributed by atoms with Crippen molar-refractivity contribution in [2.45, 2.75) is 32.0 Å². The summed E-state index contributed by atoms with van der Waals surface area (Å²) in [5.41, 5.74) is 1.28. The molecule has 2 aromatic carbocycles. The van der Waals surface area contributed by atoms with Crippen LogP contribution in [-0.2, 0) is 4.79 Å². The summed E-state index contributed by atoms with van der Waals surface area (Å²) in [4.78, 5) is 12.8. The summed E-state index contributed by atoms with van der Waals surface area (Å²) in [6, 6.07) is 6.69. The number of hydrogen-bond donors (Lipinski definition) is 2. The van der Waals surface area contributed by atoms with Crippen LogP contribution in [0.2, 0.25) is 0 Å². The molecule has 160 valence electrons. The maximum atomic E-state index is 12.8. The average molecular weight is 416 g/mol. The molecule has 0 saturated heterocycles. The van der Waals surface area contributed by atoms with Crippen LogP contribution in [0.5, 0.6) is 34.5 Å². The van der Waals surface area contributed by atoms with Gasteiger partial charge in [-0.3, -0.25) is 4.79 Å². The Labute approximate surface area is 173 Å². The molecule has 2 aliphatic heterocycles. The van der Waals surface area contributed by atoms with Crippen LogP contribution in [-0.4, -0.2) is 42.8 Å². The van der Waals surface area contributed by atoms with Crippen LogP contribution >= 0.6 is 0 Å². The molecule has 0 aromatic heterocycles. The Hall–Kier alpha value is -3.13. The minimum Gasteiger partial charge on any atom is -0.502 e. The quantitative estimate of drug-likeness (QED) is 0.767. The Bertz CT molecular complexity index is 976. The van der Waals surface area contributed by atoms with E-state index < -0.39 is 17.6 Å². The number of carbonyl (C=O) groups is 1. The van der Waals surface area contributed by atoms with Gasteiger partial charge in [0.05, 0.1) is 20.1 Å². The van der Waals surface area contributed by atoms with E-state index >= 15 is 0 Å². The van der Waals surface area contributed by atoms with Crippen molar-refractivity contribution in [3.63, 3.8) is 0 Å². The zero-order valence-corrected chi connectivity index (χ0v) is 17.2. The van der Waals surface area contributed by atoms with Gasteiger partial charge in [-0.1, -0.05) is 6.92 Å². The average Bonchev–Trinajstić information content (AvgIpc) is 3.18. The van der Waals surface area contributed by atoms with Crippen LogP contribution in [0, 0.1) is 5.92 Å². The molecule has 3 atom stereocenters. The molecule has 0 radical (unpaired) electrons. The number of fused-ring (bicyclic) bond motifs is 2. The lowest BCUT2D eigenvalue weighted by molar-refractivity contribution is -0.194. The molecule has 30 heavy (non-hydrogen) atoms. The predicted octanol–water partition coefficient (Wildman–Crippen LogP) is 2.97. The highest BCUT2D eigenvalue weighted by Gasteiger charge is 2.51. The van der Waals surface area contributed by atoms with E-state index in [0.29, 0.717) is 28.4 Å². The summed E-state index contributed by atoms with van der Waals surface area (Å²) >= 11 is 0. The van der Waals surface area contributed by atoms with Crippen molar-refractivity contribution >= 4 is 5.78 Å². The lowest BCUT2D eigenvalue weighted by Gasteiger charge is -2.44. The molecular formula is C22H24O8. The Morgan fingerprint density at radius 2 is 1.70 bits per heavy atom. The van der Waals surface area contributed by atoms with Crippen molar-refractivity contribution < 1.29 is 38.7 Å². The molecule has 2 heterocycles.